The van der Waals surface area contributed by atoms with E-state index < -0.39 is 5.43 Å². The number of fused-ring (bicyclic) bond motifs is 1. The van der Waals surface area contributed by atoms with Crippen LogP contribution in [0.25, 0.3) is 22.1 Å². The molecule has 0 atom stereocenters. The first-order chi connectivity index (χ1) is 12.4. The Morgan fingerprint density at radius 2 is 1.85 bits per heavy atom. The Balaban J connectivity index is 2.20. The Morgan fingerprint density at radius 1 is 1.15 bits per heavy atom. The van der Waals surface area contributed by atoms with Gasteiger partial charge in [0.05, 0.1) is 12.2 Å². The van der Waals surface area contributed by atoms with Gasteiger partial charge in [-0.15, -0.1) is 0 Å². The summed E-state index contributed by atoms with van der Waals surface area (Å²) in [5, 5.41) is 39.1. The van der Waals surface area contributed by atoms with Crippen molar-refractivity contribution in [3.05, 3.63) is 64.0 Å². The number of phenols is 3. The van der Waals surface area contributed by atoms with Crippen LogP contribution in [0.3, 0.4) is 0 Å². The minimum atomic E-state index is -0.446. The predicted octanol–water partition coefficient (Wildman–Crippen LogP) is 3.06. The summed E-state index contributed by atoms with van der Waals surface area (Å²) < 4.78 is 5.43. The predicted molar refractivity (Wildman–Crippen MR) is 97.5 cm³/mol. The number of aromatic hydroxyl groups is 3. The van der Waals surface area contributed by atoms with Crippen LogP contribution >= 0.6 is 0 Å². The van der Waals surface area contributed by atoms with Gasteiger partial charge in [-0.05, 0) is 31.0 Å². The second-order valence-electron chi connectivity index (χ2n) is 6.03. The third-order valence-electron chi connectivity index (χ3n) is 4.20. The normalized spacial score (nSPS) is 11.8. The summed E-state index contributed by atoms with van der Waals surface area (Å²) in [4.78, 5) is 12.9. The number of benzene rings is 2. The molecule has 134 valence electrons. The minimum absolute atomic E-state index is 0.0292. The molecule has 6 heteroatoms. The Hall–Kier alpha value is -3.25. The Kier molecular flexibility index (Phi) is 4.69. The fraction of sp³-hybridized carbons (Fsp3) is 0.150. The largest absolute Gasteiger partial charge is 0.508 e. The van der Waals surface area contributed by atoms with E-state index in [2.05, 4.69) is 0 Å². The quantitative estimate of drug-likeness (QED) is 0.536. The molecule has 1 aromatic heterocycles. The van der Waals surface area contributed by atoms with E-state index in [1.54, 1.807) is 25.1 Å². The van der Waals surface area contributed by atoms with Gasteiger partial charge in [0, 0.05) is 11.6 Å². The fourth-order valence-corrected chi connectivity index (χ4v) is 2.68. The van der Waals surface area contributed by atoms with Crippen molar-refractivity contribution >= 4 is 11.0 Å². The molecule has 0 radical (unpaired) electrons. The number of aliphatic hydroxyl groups excluding tert-OH is 1. The summed E-state index contributed by atoms with van der Waals surface area (Å²) in [5.74, 6) is -0.478. The van der Waals surface area contributed by atoms with Crippen LogP contribution in [0.2, 0.25) is 0 Å². The van der Waals surface area contributed by atoms with Gasteiger partial charge in [0.2, 0.25) is 5.43 Å². The molecule has 0 aliphatic rings. The van der Waals surface area contributed by atoms with E-state index in [1.165, 1.54) is 24.5 Å². The number of allylic oxidation sites excluding steroid dienone is 1. The van der Waals surface area contributed by atoms with E-state index in [0.29, 0.717) is 11.1 Å². The fourth-order valence-electron chi connectivity index (χ4n) is 2.68. The maximum atomic E-state index is 12.9. The van der Waals surface area contributed by atoms with Crippen LogP contribution in [-0.4, -0.2) is 27.0 Å². The maximum Gasteiger partial charge on any atom is 0.204 e. The monoisotopic (exact) mass is 354 g/mol. The van der Waals surface area contributed by atoms with Gasteiger partial charge in [-0.3, -0.25) is 4.79 Å². The van der Waals surface area contributed by atoms with Crippen LogP contribution in [0.4, 0.5) is 0 Å². The molecule has 0 aliphatic heterocycles. The second-order valence-corrected chi connectivity index (χ2v) is 6.03. The molecule has 26 heavy (non-hydrogen) atoms. The summed E-state index contributed by atoms with van der Waals surface area (Å²) in [7, 11) is 0. The topological polar surface area (TPSA) is 111 Å². The Bertz CT molecular complexity index is 1040. The lowest BCUT2D eigenvalue weighted by Gasteiger charge is -2.10. The minimum Gasteiger partial charge on any atom is -0.508 e. The summed E-state index contributed by atoms with van der Waals surface area (Å²) >= 11 is 0. The molecule has 2 aromatic carbocycles. The second kappa shape index (κ2) is 6.93. The lowest BCUT2D eigenvalue weighted by Crippen LogP contribution is -2.06. The molecule has 1 heterocycles. The van der Waals surface area contributed by atoms with Gasteiger partial charge in [0.25, 0.3) is 0 Å². The first-order valence-corrected chi connectivity index (χ1v) is 7.97. The molecule has 6 nitrogen and oxygen atoms in total. The number of rotatable bonds is 4. The summed E-state index contributed by atoms with van der Waals surface area (Å²) in [6.45, 7) is 1.58. The van der Waals surface area contributed by atoms with Crippen molar-refractivity contribution in [3.63, 3.8) is 0 Å². The van der Waals surface area contributed by atoms with Gasteiger partial charge in [-0.2, -0.15) is 0 Å². The lowest BCUT2D eigenvalue weighted by molar-refractivity contribution is 0.331. The first kappa shape index (κ1) is 17.6. The van der Waals surface area contributed by atoms with Crippen molar-refractivity contribution < 1.29 is 24.8 Å². The average Bonchev–Trinajstić information content (AvgIpc) is 2.62. The van der Waals surface area contributed by atoms with Crippen molar-refractivity contribution in [2.24, 2.45) is 0 Å². The number of hydrogen-bond acceptors (Lipinski definition) is 6. The van der Waals surface area contributed by atoms with Gasteiger partial charge in [0.15, 0.2) is 0 Å². The van der Waals surface area contributed by atoms with Crippen LogP contribution in [-0.2, 0) is 6.42 Å². The van der Waals surface area contributed by atoms with Crippen LogP contribution in [0.15, 0.2) is 57.5 Å². The molecule has 3 aromatic rings. The zero-order valence-electron chi connectivity index (χ0n) is 14.1. The highest BCUT2D eigenvalue weighted by Crippen LogP contribution is 2.35. The van der Waals surface area contributed by atoms with Crippen molar-refractivity contribution in [2.45, 2.75) is 13.3 Å². The van der Waals surface area contributed by atoms with Crippen molar-refractivity contribution in [3.8, 4) is 28.4 Å². The van der Waals surface area contributed by atoms with E-state index in [-0.39, 0.29) is 52.4 Å². The molecule has 4 N–H and O–H groups in total. The molecule has 0 aliphatic carbocycles. The molecule has 0 amide bonds. The van der Waals surface area contributed by atoms with Crippen molar-refractivity contribution in [2.75, 3.05) is 6.61 Å². The van der Waals surface area contributed by atoms with Crippen LogP contribution in [0.5, 0.6) is 17.2 Å². The molecule has 0 unspecified atom stereocenters. The molecular weight excluding hydrogens is 336 g/mol. The third kappa shape index (κ3) is 3.14. The van der Waals surface area contributed by atoms with Gasteiger partial charge < -0.3 is 24.8 Å². The van der Waals surface area contributed by atoms with Crippen molar-refractivity contribution in [1.29, 1.82) is 0 Å². The highest BCUT2D eigenvalue weighted by molar-refractivity contribution is 5.89. The van der Waals surface area contributed by atoms with Gasteiger partial charge in [0.1, 0.15) is 34.5 Å². The standard InChI is InChI=1S/C20H18O6/c1-11(9-21)2-7-14-16(23)8-17-18(19(14)24)20(25)15(10-26-17)12-3-5-13(22)6-4-12/h2-6,8,10,21-24H,7,9H2,1H3. The zero-order chi connectivity index (χ0) is 18.8. The highest BCUT2D eigenvalue weighted by atomic mass is 16.3. The van der Waals surface area contributed by atoms with Crippen molar-refractivity contribution in [1.82, 2.24) is 0 Å². The number of phenolic OH excluding ortho intramolecular Hbond substituents is 3. The Labute approximate surface area is 148 Å². The van der Waals surface area contributed by atoms with Gasteiger partial charge >= 0.3 is 0 Å². The van der Waals surface area contributed by atoms with Crippen LogP contribution in [0.1, 0.15) is 12.5 Å². The number of hydrogen-bond donors (Lipinski definition) is 4. The molecule has 3 rings (SSSR count). The van der Waals surface area contributed by atoms with E-state index in [9.17, 15) is 20.1 Å². The number of aliphatic hydroxyl groups is 1. The van der Waals surface area contributed by atoms with Crippen LogP contribution in [0, 0.1) is 0 Å². The lowest BCUT2D eigenvalue weighted by atomic mass is 10.0. The van der Waals surface area contributed by atoms with Crippen LogP contribution < -0.4 is 5.43 Å². The smallest absolute Gasteiger partial charge is 0.204 e. The molecular formula is C20H18O6. The van der Waals surface area contributed by atoms with Gasteiger partial charge in [-0.1, -0.05) is 23.8 Å². The van der Waals surface area contributed by atoms with Gasteiger partial charge in [-0.25, -0.2) is 0 Å². The zero-order valence-corrected chi connectivity index (χ0v) is 14.1. The molecule has 0 saturated carbocycles. The summed E-state index contributed by atoms with van der Waals surface area (Å²) in [6.07, 6.45) is 3.07. The van der Waals surface area contributed by atoms with E-state index in [0.717, 1.165) is 0 Å². The molecule has 0 spiro atoms. The maximum absolute atomic E-state index is 12.9. The highest BCUT2D eigenvalue weighted by Gasteiger charge is 2.18. The van der Waals surface area contributed by atoms with E-state index >= 15 is 0 Å². The average molecular weight is 354 g/mol. The molecule has 0 bridgehead atoms. The Morgan fingerprint density at radius 3 is 2.50 bits per heavy atom. The first-order valence-electron chi connectivity index (χ1n) is 7.97. The SMILES string of the molecule is CC(=CCc1c(O)cc2occ(-c3ccc(O)cc3)c(=O)c2c1O)CO. The van der Waals surface area contributed by atoms with E-state index in [4.69, 9.17) is 9.52 Å². The van der Waals surface area contributed by atoms with E-state index in [1.807, 2.05) is 0 Å². The molecule has 0 fully saturated rings. The summed E-state index contributed by atoms with van der Waals surface area (Å²) in [6, 6.07) is 7.32. The third-order valence-corrected chi connectivity index (χ3v) is 4.20. The summed E-state index contributed by atoms with van der Waals surface area (Å²) in [5.41, 5.74) is 1.24. The molecule has 0 saturated heterocycles.